The summed E-state index contributed by atoms with van der Waals surface area (Å²) in [6.45, 7) is 11.2. The molecule has 8 atom stereocenters. The molecule has 4 aliphatic rings. The van der Waals surface area contributed by atoms with Crippen LogP contribution in [-0.4, -0.2) is 115 Å². The molecule has 312 valence electrons. The van der Waals surface area contributed by atoms with Crippen LogP contribution in [0.2, 0.25) is 5.02 Å². The van der Waals surface area contributed by atoms with E-state index >= 15 is 0 Å². The van der Waals surface area contributed by atoms with Gasteiger partial charge in [0.25, 0.3) is 0 Å². The van der Waals surface area contributed by atoms with Crippen LogP contribution in [0.3, 0.4) is 0 Å². The van der Waals surface area contributed by atoms with Crippen molar-refractivity contribution in [3.05, 3.63) is 46.5 Å². The van der Waals surface area contributed by atoms with Gasteiger partial charge in [-0.3, -0.25) is 14.9 Å². The summed E-state index contributed by atoms with van der Waals surface area (Å²) in [6.07, 6.45) is 4.52. The number of fused-ring (bicyclic) bond motifs is 6. The minimum atomic E-state index is -1.85. The number of nitrogens with zero attached hydrogens (tertiary/aromatic N) is 2. The van der Waals surface area contributed by atoms with Crippen LogP contribution < -0.4 is 15.0 Å². The zero-order valence-corrected chi connectivity index (χ0v) is 36.7. The first kappa shape index (κ1) is 45.7. The smallest absolute Gasteiger partial charge is 0.409 e. The van der Waals surface area contributed by atoms with Gasteiger partial charge in [0.1, 0.15) is 46.3 Å². The summed E-state index contributed by atoms with van der Waals surface area (Å²) in [5.74, 6) is -0.587. The molecule has 0 aromatic heterocycles. The van der Waals surface area contributed by atoms with Gasteiger partial charge in [-0.05, 0) is 70.4 Å². The highest BCUT2D eigenvalue weighted by Crippen LogP contribution is 2.50. The van der Waals surface area contributed by atoms with Gasteiger partial charge in [-0.1, -0.05) is 70.8 Å². The fourth-order valence-electron chi connectivity index (χ4n) is 7.57. The van der Waals surface area contributed by atoms with Gasteiger partial charge >= 0.3 is 12.1 Å². The fraction of sp³-hybridized carbons (Fsp3) is 0.650. The number of alkyl carbamates (subject to hydrolysis) is 1. The summed E-state index contributed by atoms with van der Waals surface area (Å²) in [5, 5.41) is 14.8. The molecule has 0 aliphatic carbocycles. The number of ether oxygens (including phenoxy) is 5. The van der Waals surface area contributed by atoms with E-state index in [1.165, 1.54) is 24.0 Å². The summed E-state index contributed by atoms with van der Waals surface area (Å²) >= 11 is 6.79. The number of rotatable bonds is 11. The Kier molecular flexibility index (Phi) is 15.3. The zero-order chi connectivity index (χ0) is 41.7. The van der Waals surface area contributed by atoms with Gasteiger partial charge in [0, 0.05) is 45.7 Å². The SMILES string of the molecule is COc1cc2cc(c1Cl)N(C)C(=O)C[C@H](OC(=O)[C@@H](C)N(C)C(=O)CCC(SSC)C(C)C)[C@@]1(C)CC(C)(O1)[C@@H]1C[C@@](O)(NC(=O)O1)[C@H](OC)/C=C/C=C(\C)C2. The van der Waals surface area contributed by atoms with E-state index in [1.54, 1.807) is 80.7 Å². The lowest BCUT2D eigenvalue weighted by molar-refractivity contribution is -0.328. The van der Waals surface area contributed by atoms with Crippen molar-refractivity contribution in [1.82, 2.24) is 10.2 Å². The number of halogens is 1. The van der Waals surface area contributed by atoms with Crippen molar-refractivity contribution in [2.75, 3.05) is 39.5 Å². The minimum absolute atomic E-state index is 0.0931. The van der Waals surface area contributed by atoms with E-state index in [2.05, 4.69) is 19.2 Å². The fourth-order valence-corrected chi connectivity index (χ4v) is 10.3. The summed E-state index contributed by atoms with van der Waals surface area (Å²) in [6, 6.07) is 2.63. The third-order valence-corrected chi connectivity index (χ3v) is 14.0. The quantitative estimate of drug-likeness (QED) is 0.186. The Balaban J connectivity index is 1.70. The van der Waals surface area contributed by atoms with Crippen molar-refractivity contribution < 1.29 is 48.0 Å². The Morgan fingerprint density at radius 3 is 2.46 bits per heavy atom. The molecule has 1 aromatic rings. The molecule has 56 heavy (non-hydrogen) atoms. The molecule has 4 heterocycles. The highest BCUT2D eigenvalue weighted by molar-refractivity contribution is 8.76. The third-order valence-electron chi connectivity index (χ3n) is 11.0. The first-order chi connectivity index (χ1) is 26.2. The zero-order valence-electron chi connectivity index (χ0n) is 34.3. The summed E-state index contributed by atoms with van der Waals surface area (Å²) in [4.78, 5) is 57.1. The Bertz CT molecular complexity index is 1680. The average Bonchev–Trinajstić information content (AvgIpc) is 3.12. The maximum absolute atomic E-state index is 14.2. The highest BCUT2D eigenvalue weighted by Gasteiger charge is 2.63. The summed E-state index contributed by atoms with van der Waals surface area (Å²) < 4.78 is 29.7. The Morgan fingerprint density at radius 1 is 1.18 bits per heavy atom. The van der Waals surface area contributed by atoms with E-state index in [0.717, 1.165) is 11.1 Å². The summed E-state index contributed by atoms with van der Waals surface area (Å²) in [7, 11) is 9.48. The van der Waals surface area contributed by atoms with Crippen LogP contribution in [0.4, 0.5) is 10.5 Å². The molecule has 16 heteroatoms. The molecule has 4 aliphatic heterocycles. The lowest BCUT2D eigenvalue weighted by atomic mass is 9.72. The van der Waals surface area contributed by atoms with E-state index in [9.17, 15) is 24.3 Å². The van der Waals surface area contributed by atoms with Crippen LogP contribution in [0, 0.1) is 5.92 Å². The van der Waals surface area contributed by atoms with Gasteiger partial charge in [0.05, 0.1) is 19.2 Å². The molecule has 3 amide bonds. The molecule has 1 aromatic carbocycles. The molecule has 2 unspecified atom stereocenters. The van der Waals surface area contributed by atoms with Crippen LogP contribution in [-0.2, 0) is 39.8 Å². The number of aliphatic hydroxyl groups is 1. The number of likely N-dealkylation sites (N-methyl/N-ethyl adjacent to an activating group) is 1. The van der Waals surface area contributed by atoms with Crippen LogP contribution in [0.15, 0.2) is 35.9 Å². The summed E-state index contributed by atoms with van der Waals surface area (Å²) in [5.41, 5.74) is -2.11. The molecular formula is C40H58ClN3O10S2. The van der Waals surface area contributed by atoms with Gasteiger partial charge in [0.2, 0.25) is 11.8 Å². The highest BCUT2D eigenvalue weighted by atomic mass is 35.5. The predicted molar refractivity (Wildman–Crippen MR) is 220 cm³/mol. The molecule has 0 spiro atoms. The van der Waals surface area contributed by atoms with Crippen molar-refractivity contribution in [3.8, 4) is 5.75 Å². The Labute approximate surface area is 343 Å². The second kappa shape index (κ2) is 18.8. The molecular weight excluding hydrogens is 782 g/mol. The van der Waals surface area contributed by atoms with Crippen molar-refractivity contribution in [3.63, 3.8) is 0 Å². The van der Waals surface area contributed by atoms with Gasteiger partial charge in [-0.2, -0.15) is 0 Å². The minimum Gasteiger partial charge on any atom is -0.495 e. The number of carbonyl (C=O) groups is 4. The Morgan fingerprint density at radius 2 is 1.86 bits per heavy atom. The lowest BCUT2D eigenvalue weighted by Crippen LogP contribution is -2.72. The number of nitrogens with one attached hydrogen (secondary N) is 1. The van der Waals surface area contributed by atoms with Gasteiger partial charge in [-0.25, -0.2) is 9.59 Å². The maximum atomic E-state index is 14.2. The van der Waals surface area contributed by atoms with E-state index in [4.69, 9.17) is 35.3 Å². The molecule has 2 N–H and O–H groups in total. The normalized spacial score (nSPS) is 30.9. The largest absolute Gasteiger partial charge is 0.495 e. The second-order valence-electron chi connectivity index (χ2n) is 15.8. The van der Waals surface area contributed by atoms with Crippen molar-refractivity contribution >= 4 is 62.8 Å². The predicted octanol–water partition coefficient (Wildman–Crippen LogP) is 6.47. The number of anilines is 1. The van der Waals surface area contributed by atoms with E-state index in [1.807, 2.05) is 19.3 Å². The molecule has 0 radical (unpaired) electrons. The van der Waals surface area contributed by atoms with Crippen LogP contribution in [0.25, 0.3) is 0 Å². The van der Waals surface area contributed by atoms with E-state index in [0.29, 0.717) is 30.2 Å². The van der Waals surface area contributed by atoms with Crippen molar-refractivity contribution in [2.24, 2.45) is 5.92 Å². The second-order valence-corrected chi connectivity index (χ2v) is 18.8. The van der Waals surface area contributed by atoms with E-state index in [-0.39, 0.29) is 41.9 Å². The van der Waals surface area contributed by atoms with Crippen molar-refractivity contribution in [2.45, 2.75) is 127 Å². The number of allylic oxidation sites excluding steroid dienone is 3. The van der Waals surface area contributed by atoms with Crippen LogP contribution in [0.5, 0.6) is 5.75 Å². The molecule has 6 bridgehead atoms. The van der Waals surface area contributed by atoms with Crippen molar-refractivity contribution in [1.29, 1.82) is 0 Å². The molecule has 5 rings (SSSR count). The van der Waals surface area contributed by atoms with Crippen LogP contribution >= 0.6 is 33.2 Å². The maximum Gasteiger partial charge on any atom is 0.409 e. The van der Waals surface area contributed by atoms with Gasteiger partial charge < -0.3 is 38.6 Å². The number of benzene rings is 1. The molecule has 0 saturated carbocycles. The first-order valence-electron chi connectivity index (χ1n) is 18.8. The van der Waals surface area contributed by atoms with Crippen LogP contribution in [0.1, 0.15) is 79.2 Å². The van der Waals surface area contributed by atoms with Gasteiger partial charge in [0.15, 0.2) is 5.72 Å². The standard InChI is InChI=1S/C40H58ClN3O10S2/c1-23(2)29(56-55-11)15-16-33(45)43(7)25(4)36(47)52-31-20-34(46)44(8)27-18-26(19-28(50-9)35(27)41)17-24(3)13-12-14-30(51-10)40(49)21-32(53-37(48)42-40)39(6)22-38(31,5)54-39/h12-14,18-19,23,25,29-32,49H,15-17,20-22H2,1-11H3,(H,42,48)/b14-12+,24-13+/t25-,29?,30-,31+,32+,38-,39?,40+/m1/s1. The number of carbonyl (C=O) groups excluding carboxylic acids is 4. The molecule has 13 nitrogen and oxygen atoms in total. The molecule has 2 saturated heterocycles. The topological polar surface area (TPSA) is 153 Å². The first-order valence-corrected chi connectivity index (χ1v) is 21.8. The lowest BCUT2D eigenvalue weighted by Gasteiger charge is -2.59. The number of esters is 1. The van der Waals surface area contributed by atoms with Gasteiger partial charge in [-0.15, -0.1) is 0 Å². The number of amides is 3. The average molecular weight is 841 g/mol. The monoisotopic (exact) mass is 839 g/mol. The molecule has 2 fully saturated rings. The third kappa shape index (κ3) is 10.4. The number of methoxy groups -OCH3 is 2. The number of hydrogen-bond donors (Lipinski definition) is 2. The Hall–Kier alpha value is -2.95. The number of hydrogen-bond acceptors (Lipinski definition) is 12. The van der Waals surface area contributed by atoms with E-state index < -0.39 is 59.3 Å².